The van der Waals surface area contributed by atoms with E-state index in [0.717, 1.165) is 5.56 Å². The number of amides is 1. The number of aromatic hydroxyl groups is 2. The standard InChI is InChI=1S/C22H22N2O5S2/c25-19-9-8-16(15-20(19)26)10-13-23-21(27)11-14-30-22(23)18-7-4-12-24(18)31(28,29)17-5-2-1-3-6-17/h1-9,12,15,22,25-26H,10-11,13-14H2. The van der Waals surface area contributed by atoms with Crippen molar-refractivity contribution in [2.75, 3.05) is 12.3 Å². The zero-order valence-corrected chi connectivity index (χ0v) is 18.2. The Hall–Kier alpha value is -2.91. The fourth-order valence-electron chi connectivity index (χ4n) is 3.58. The lowest BCUT2D eigenvalue weighted by Gasteiger charge is -2.35. The van der Waals surface area contributed by atoms with Crippen molar-refractivity contribution in [3.05, 3.63) is 78.1 Å². The minimum atomic E-state index is -3.79. The summed E-state index contributed by atoms with van der Waals surface area (Å²) in [5.74, 6) is 0.152. The summed E-state index contributed by atoms with van der Waals surface area (Å²) in [6, 6.07) is 16.2. The second kappa shape index (κ2) is 8.68. The molecule has 1 amide bonds. The van der Waals surface area contributed by atoms with Gasteiger partial charge in [0.25, 0.3) is 10.0 Å². The van der Waals surface area contributed by atoms with Crippen LogP contribution in [0.4, 0.5) is 0 Å². The minimum absolute atomic E-state index is 0.0448. The van der Waals surface area contributed by atoms with Gasteiger partial charge >= 0.3 is 0 Å². The molecule has 2 aromatic carbocycles. The van der Waals surface area contributed by atoms with Crippen molar-refractivity contribution >= 4 is 27.7 Å². The molecule has 7 nitrogen and oxygen atoms in total. The summed E-state index contributed by atoms with van der Waals surface area (Å²) in [6.45, 7) is 0.358. The molecule has 1 atom stereocenters. The summed E-state index contributed by atoms with van der Waals surface area (Å²) in [4.78, 5) is 14.6. The Kier molecular flexibility index (Phi) is 5.97. The maximum absolute atomic E-state index is 13.2. The number of nitrogens with zero attached hydrogens (tertiary/aromatic N) is 2. The largest absolute Gasteiger partial charge is 0.504 e. The van der Waals surface area contributed by atoms with Gasteiger partial charge in [-0.1, -0.05) is 24.3 Å². The van der Waals surface area contributed by atoms with Crippen LogP contribution >= 0.6 is 11.8 Å². The third-order valence-corrected chi connectivity index (χ3v) is 8.14. The van der Waals surface area contributed by atoms with Gasteiger partial charge in [0.15, 0.2) is 11.5 Å². The van der Waals surface area contributed by atoms with Crippen LogP contribution in [0.15, 0.2) is 71.8 Å². The number of carbonyl (C=O) groups excluding carboxylic acids is 1. The van der Waals surface area contributed by atoms with Crippen LogP contribution in [-0.2, 0) is 21.2 Å². The van der Waals surface area contributed by atoms with E-state index < -0.39 is 15.4 Å². The first kappa shape index (κ1) is 21.3. The predicted octanol–water partition coefficient (Wildman–Crippen LogP) is 3.34. The molecule has 0 spiro atoms. The second-order valence-corrected chi connectivity index (χ2v) is 10.2. The van der Waals surface area contributed by atoms with E-state index in [1.165, 1.54) is 34.1 Å². The van der Waals surface area contributed by atoms with Crippen molar-refractivity contribution in [1.82, 2.24) is 8.87 Å². The summed E-state index contributed by atoms with van der Waals surface area (Å²) in [6.07, 6.45) is 2.35. The molecule has 0 radical (unpaired) electrons. The molecule has 3 aromatic rings. The highest BCUT2D eigenvalue weighted by Gasteiger charge is 2.33. The molecule has 1 saturated heterocycles. The quantitative estimate of drug-likeness (QED) is 0.550. The molecule has 0 aliphatic carbocycles. The summed E-state index contributed by atoms with van der Waals surface area (Å²) < 4.78 is 27.6. The highest BCUT2D eigenvalue weighted by molar-refractivity contribution is 7.99. The Labute approximate surface area is 185 Å². The number of benzene rings is 2. The van der Waals surface area contributed by atoms with Gasteiger partial charge in [0.05, 0.1) is 10.6 Å². The summed E-state index contributed by atoms with van der Waals surface area (Å²) in [5, 5.41) is 18.8. The average Bonchev–Trinajstić information content (AvgIpc) is 3.26. The Morgan fingerprint density at radius 1 is 1.00 bits per heavy atom. The number of aromatic nitrogens is 1. The number of hydrogen-bond donors (Lipinski definition) is 2. The average molecular weight is 459 g/mol. The van der Waals surface area contributed by atoms with Crippen molar-refractivity contribution < 1.29 is 23.4 Å². The molecule has 162 valence electrons. The molecule has 4 rings (SSSR count). The van der Waals surface area contributed by atoms with Crippen molar-refractivity contribution in [3.8, 4) is 11.5 Å². The summed E-state index contributed by atoms with van der Waals surface area (Å²) in [7, 11) is -3.79. The number of phenols is 2. The van der Waals surface area contributed by atoms with Crippen LogP contribution in [-0.4, -0.2) is 45.7 Å². The van der Waals surface area contributed by atoms with Crippen LogP contribution in [0.1, 0.15) is 23.1 Å². The van der Waals surface area contributed by atoms with Gasteiger partial charge in [-0.25, -0.2) is 12.4 Å². The maximum Gasteiger partial charge on any atom is 0.267 e. The van der Waals surface area contributed by atoms with Crippen LogP contribution in [0, 0.1) is 0 Å². The first-order valence-electron chi connectivity index (χ1n) is 9.78. The van der Waals surface area contributed by atoms with E-state index in [2.05, 4.69) is 0 Å². The number of rotatable bonds is 6. The number of phenolic OH excluding ortho intramolecular Hbond substituents is 2. The second-order valence-electron chi connectivity index (χ2n) is 7.18. The van der Waals surface area contributed by atoms with Gasteiger partial charge in [0.1, 0.15) is 5.37 Å². The molecule has 1 fully saturated rings. The van der Waals surface area contributed by atoms with E-state index in [0.29, 0.717) is 30.8 Å². The molecular formula is C22H22N2O5S2. The van der Waals surface area contributed by atoms with Gasteiger partial charge in [-0.05, 0) is 48.4 Å². The van der Waals surface area contributed by atoms with E-state index in [1.54, 1.807) is 53.4 Å². The molecule has 2 N–H and O–H groups in total. The van der Waals surface area contributed by atoms with Crippen LogP contribution in [0.2, 0.25) is 0 Å². The topological polar surface area (TPSA) is 99.8 Å². The van der Waals surface area contributed by atoms with E-state index in [-0.39, 0.29) is 22.3 Å². The van der Waals surface area contributed by atoms with Crippen LogP contribution in [0.25, 0.3) is 0 Å². The van der Waals surface area contributed by atoms with Gasteiger partial charge in [0, 0.05) is 24.9 Å². The van der Waals surface area contributed by atoms with Gasteiger partial charge in [-0.3, -0.25) is 4.79 Å². The van der Waals surface area contributed by atoms with E-state index in [4.69, 9.17) is 0 Å². The Bertz CT molecular complexity index is 1190. The predicted molar refractivity (Wildman–Crippen MR) is 118 cm³/mol. The molecule has 1 unspecified atom stereocenters. The van der Waals surface area contributed by atoms with Crippen LogP contribution in [0.5, 0.6) is 11.5 Å². The van der Waals surface area contributed by atoms with Crippen LogP contribution < -0.4 is 0 Å². The van der Waals surface area contributed by atoms with E-state index >= 15 is 0 Å². The fourth-order valence-corrected chi connectivity index (χ4v) is 6.32. The SMILES string of the molecule is O=C1CCSC(c2cccn2S(=O)(=O)c2ccccc2)N1CCc1ccc(O)c(O)c1. The number of thioether (sulfide) groups is 1. The fraction of sp³-hybridized carbons (Fsp3) is 0.227. The third-order valence-electron chi connectivity index (χ3n) is 5.17. The van der Waals surface area contributed by atoms with Gasteiger partial charge in [-0.15, -0.1) is 11.8 Å². The van der Waals surface area contributed by atoms with Crippen molar-refractivity contribution in [1.29, 1.82) is 0 Å². The lowest BCUT2D eigenvalue weighted by molar-refractivity contribution is -0.132. The lowest BCUT2D eigenvalue weighted by Crippen LogP contribution is -2.39. The maximum atomic E-state index is 13.2. The highest BCUT2D eigenvalue weighted by Crippen LogP contribution is 2.39. The van der Waals surface area contributed by atoms with Crippen LogP contribution in [0.3, 0.4) is 0 Å². The zero-order chi connectivity index (χ0) is 22.0. The summed E-state index contributed by atoms with van der Waals surface area (Å²) in [5.41, 5.74) is 1.29. The van der Waals surface area contributed by atoms with E-state index in [9.17, 15) is 23.4 Å². The molecule has 31 heavy (non-hydrogen) atoms. The number of hydrogen-bond acceptors (Lipinski definition) is 6. The van der Waals surface area contributed by atoms with Gasteiger partial charge in [-0.2, -0.15) is 0 Å². The molecule has 2 heterocycles. The normalized spacial score (nSPS) is 17.1. The minimum Gasteiger partial charge on any atom is -0.504 e. The Balaban J connectivity index is 1.63. The van der Waals surface area contributed by atoms with Gasteiger partial charge < -0.3 is 15.1 Å². The zero-order valence-electron chi connectivity index (χ0n) is 16.6. The third kappa shape index (κ3) is 4.28. The molecule has 9 heteroatoms. The summed E-state index contributed by atoms with van der Waals surface area (Å²) >= 11 is 1.53. The lowest BCUT2D eigenvalue weighted by atomic mass is 10.1. The monoisotopic (exact) mass is 458 g/mol. The Morgan fingerprint density at radius 2 is 1.77 bits per heavy atom. The molecular weight excluding hydrogens is 436 g/mol. The first-order chi connectivity index (χ1) is 14.9. The smallest absolute Gasteiger partial charge is 0.267 e. The highest BCUT2D eigenvalue weighted by atomic mass is 32.2. The van der Waals surface area contributed by atoms with E-state index in [1.807, 2.05) is 0 Å². The Morgan fingerprint density at radius 3 is 2.52 bits per heavy atom. The number of carbonyl (C=O) groups is 1. The first-order valence-corrected chi connectivity index (χ1v) is 12.3. The molecule has 0 saturated carbocycles. The molecule has 0 bridgehead atoms. The van der Waals surface area contributed by atoms with Crippen molar-refractivity contribution in [2.24, 2.45) is 0 Å². The molecule has 1 aliphatic rings. The van der Waals surface area contributed by atoms with Crippen molar-refractivity contribution in [3.63, 3.8) is 0 Å². The molecule has 1 aromatic heterocycles. The van der Waals surface area contributed by atoms with Gasteiger partial charge in [0.2, 0.25) is 5.91 Å². The van der Waals surface area contributed by atoms with Crippen molar-refractivity contribution in [2.45, 2.75) is 23.1 Å². The molecule has 1 aliphatic heterocycles.